The van der Waals surface area contributed by atoms with E-state index in [0.717, 1.165) is 65.8 Å². The van der Waals surface area contributed by atoms with Crippen LogP contribution >= 0.6 is 7.14 Å². The molecule has 1 atom stereocenters. The Morgan fingerprint density at radius 1 is 0.511 bits per heavy atom. The highest BCUT2D eigenvalue weighted by molar-refractivity contribution is 7.87. The lowest BCUT2D eigenvalue weighted by atomic mass is 9.93. The molecule has 4 nitrogen and oxygen atoms in total. The molecular weight excluding hydrogens is 597 g/mol. The van der Waals surface area contributed by atoms with Gasteiger partial charge < -0.3 is 18.3 Å². The molecule has 0 aliphatic carbocycles. The van der Waals surface area contributed by atoms with Crippen LogP contribution in [0.4, 0.5) is 0 Å². The molecule has 0 radical (unpaired) electrons. The lowest BCUT2D eigenvalue weighted by molar-refractivity contribution is 0.486. The van der Waals surface area contributed by atoms with Gasteiger partial charge in [0.2, 0.25) is 0 Å². The largest absolute Gasteiger partial charge is 0.456 e. The van der Waals surface area contributed by atoms with E-state index in [-0.39, 0.29) is 0 Å². The van der Waals surface area contributed by atoms with Gasteiger partial charge in [0.05, 0.1) is 21.6 Å². The van der Waals surface area contributed by atoms with Crippen molar-refractivity contribution in [2.45, 2.75) is 0 Å². The molecule has 0 amide bonds. The van der Waals surface area contributed by atoms with E-state index in [9.17, 15) is 0 Å². The molecule has 0 bridgehead atoms. The van der Waals surface area contributed by atoms with Crippen molar-refractivity contribution in [3.8, 4) is 39.4 Å². The molecular formula is C42H24NO3P. The van der Waals surface area contributed by atoms with E-state index in [0.29, 0.717) is 11.5 Å². The van der Waals surface area contributed by atoms with Crippen molar-refractivity contribution in [2.75, 3.05) is 0 Å². The highest BCUT2D eigenvalue weighted by Gasteiger charge is 2.48. The summed E-state index contributed by atoms with van der Waals surface area (Å²) in [7, 11) is -3.14. The van der Waals surface area contributed by atoms with Crippen molar-refractivity contribution in [1.29, 1.82) is 0 Å². The van der Waals surface area contributed by atoms with Crippen molar-refractivity contribution in [3.63, 3.8) is 0 Å². The molecule has 0 fully saturated rings. The number of benzene rings is 7. The third kappa shape index (κ3) is 3.16. The summed E-state index contributed by atoms with van der Waals surface area (Å²) >= 11 is 0. The maximum atomic E-state index is 15.3. The van der Waals surface area contributed by atoms with Gasteiger partial charge in [-0.2, -0.15) is 0 Å². The summed E-state index contributed by atoms with van der Waals surface area (Å²) in [6.07, 6.45) is 0. The number of hydrogen-bond donors (Lipinski definition) is 0. The van der Waals surface area contributed by atoms with Gasteiger partial charge in [-0.15, -0.1) is 0 Å². The molecule has 4 heterocycles. The Morgan fingerprint density at radius 2 is 1.19 bits per heavy atom. The third-order valence-corrected chi connectivity index (χ3v) is 13.2. The fraction of sp³-hybridized carbons (Fsp3) is 0. The first-order valence-corrected chi connectivity index (χ1v) is 17.5. The summed E-state index contributed by atoms with van der Waals surface area (Å²) in [5.74, 6) is 1.33. The summed E-state index contributed by atoms with van der Waals surface area (Å²) in [6, 6.07) is 49.9. The van der Waals surface area contributed by atoms with Gasteiger partial charge in [-0.3, -0.25) is 0 Å². The molecule has 0 N–H and O–H groups in total. The molecule has 9 aromatic rings. The van der Waals surface area contributed by atoms with Gasteiger partial charge >= 0.3 is 0 Å². The lowest BCUT2D eigenvalue weighted by Gasteiger charge is -2.26. The molecule has 7 aromatic carbocycles. The summed E-state index contributed by atoms with van der Waals surface area (Å²) in [4.78, 5) is 0. The van der Waals surface area contributed by atoms with Gasteiger partial charge in [-0.05, 0) is 65.7 Å². The zero-order valence-electron chi connectivity index (χ0n) is 25.0. The van der Waals surface area contributed by atoms with E-state index in [4.69, 9.17) is 9.15 Å². The third-order valence-electron chi connectivity index (χ3n) is 10.0. The Balaban J connectivity index is 1.17. The zero-order chi connectivity index (χ0) is 30.9. The Hall–Kier alpha value is -5.83. The van der Waals surface area contributed by atoms with E-state index in [1.54, 1.807) is 0 Å². The molecule has 0 spiro atoms. The number of para-hydroxylation sites is 4. The van der Waals surface area contributed by atoms with Crippen LogP contribution < -0.4 is 20.7 Å². The Bertz CT molecular complexity index is 2820. The second-order valence-corrected chi connectivity index (χ2v) is 15.0. The van der Waals surface area contributed by atoms with Gasteiger partial charge in [0, 0.05) is 43.7 Å². The number of ether oxygens (including phenoxy) is 1. The zero-order valence-corrected chi connectivity index (χ0v) is 25.9. The van der Waals surface area contributed by atoms with Crippen LogP contribution in [0.3, 0.4) is 0 Å². The van der Waals surface area contributed by atoms with Crippen LogP contribution in [0.1, 0.15) is 0 Å². The number of rotatable bonds is 2. The molecule has 47 heavy (non-hydrogen) atoms. The summed E-state index contributed by atoms with van der Waals surface area (Å²) in [5, 5.41) is 6.98. The molecule has 5 heteroatoms. The monoisotopic (exact) mass is 621 g/mol. The Kier molecular flexibility index (Phi) is 4.81. The van der Waals surface area contributed by atoms with Crippen molar-refractivity contribution >= 4 is 66.8 Å². The highest BCUT2D eigenvalue weighted by atomic mass is 31.2. The summed E-state index contributed by atoms with van der Waals surface area (Å²) in [6.45, 7) is 0. The van der Waals surface area contributed by atoms with Crippen LogP contribution in [-0.2, 0) is 4.57 Å². The SMILES string of the molecule is O=P12c3ccccc3Oc3ccc(-c4cccc5c4oc4ccc(-n6c7ccccc7c7ccccc76)cc45)c(c31)-c1ccccc12. The number of hydrogen-bond acceptors (Lipinski definition) is 3. The average molecular weight is 622 g/mol. The number of furan rings is 1. The smallest absolute Gasteiger partial charge is 0.179 e. The first kappa shape index (κ1) is 25.4. The summed E-state index contributed by atoms with van der Waals surface area (Å²) < 4.78 is 30.8. The molecule has 0 saturated heterocycles. The van der Waals surface area contributed by atoms with E-state index >= 15 is 4.57 Å². The Labute approximate surface area is 269 Å². The standard InChI is InChI=1S/C42H24NO3P/c44-47-38-18-7-3-12-31(38)40-28(21-23-37(42(40)47)45-36-17-6-8-19-39(36)47)29-13-9-14-30-32-24-25(20-22-35(32)46-41(29)30)43-33-15-4-1-10-26(33)27-11-2-5-16-34(27)43/h1-24H. The van der Waals surface area contributed by atoms with E-state index in [1.165, 1.54) is 21.8 Å². The van der Waals surface area contributed by atoms with Crippen LogP contribution in [0.15, 0.2) is 150 Å². The topological polar surface area (TPSA) is 44.4 Å². The number of nitrogens with zero attached hydrogens (tertiary/aromatic N) is 1. The predicted octanol–water partition coefficient (Wildman–Crippen LogP) is 10.1. The second kappa shape index (κ2) is 8.91. The van der Waals surface area contributed by atoms with Crippen LogP contribution in [0, 0.1) is 0 Å². The van der Waals surface area contributed by atoms with Gasteiger partial charge in [0.15, 0.2) is 7.14 Å². The van der Waals surface area contributed by atoms with Crippen molar-refractivity contribution in [3.05, 3.63) is 146 Å². The highest BCUT2D eigenvalue weighted by Crippen LogP contribution is 2.60. The normalized spacial score (nSPS) is 16.0. The molecule has 2 aliphatic heterocycles. The fourth-order valence-electron chi connectivity index (χ4n) is 8.05. The molecule has 2 aliphatic rings. The van der Waals surface area contributed by atoms with Crippen LogP contribution in [0.2, 0.25) is 0 Å². The molecule has 11 rings (SSSR count). The quantitative estimate of drug-likeness (QED) is 0.181. The van der Waals surface area contributed by atoms with Crippen LogP contribution in [-0.4, -0.2) is 4.57 Å². The molecule has 2 aromatic heterocycles. The molecule has 0 saturated carbocycles. The minimum Gasteiger partial charge on any atom is -0.456 e. The fourth-order valence-corrected chi connectivity index (χ4v) is 11.3. The van der Waals surface area contributed by atoms with Gasteiger partial charge in [0.25, 0.3) is 0 Å². The average Bonchev–Trinajstić information content (AvgIpc) is 3.76. The van der Waals surface area contributed by atoms with Crippen LogP contribution in [0.25, 0.3) is 71.7 Å². The number of fused-ring (bicyclic) bond motifs is 11. The second-order valence-electron chi connectivity index (χ2n) is 12.4. The van der Waals surface area contributed by atoms with Crippen LogP contribution in [0.5, 0.6) is 11.5 Å². The van der Waals surface area contributed by atoms with Crippen molar-refractivity contribution < 1.29 is 13.7 Å². The lowest BCUT2D eigenvalue weighted by Crippen LogP contribution is -2.27. The van der Waals surface area contributed by atoms with Crippen molar-refractivity contribution in [2.24, 2.45) is 0 Å². The van der Waals surface area contributed by atoms with Gasteiger partial charge in [-0.25, -0.2) is 0 Å². The van der Waals surface area contributed by atoms with E-state index in [1.807, 2.05) is 48.5 Å². The predicted molar refractivity (Wildman–Crippen MR) is 192 cm³/mol. The molecule has 1 unspecified atom stereocenters. The first-order valence-electron chi connectivity index (χ1n) is 15.8. The summed E-state index contributed by atoms with van der Waals surface area (Å²) in [5.41, 5.74) is 8.99. The van der Waals surface area contributed by atoms with Gasteiger partial charge in [-0.1, -0.05) is 91.0 Å². The number of aromatic nitrogens is 1. The minimum absolute atomic E-state index is 0.662. The first-order chi connectivity index (χ1) is 23.2. The molecule has 220 valence electrons. The van der Waals surface area contributed by atoms with Crippen molar-refractivity contribution in [1.82, 2.24) is 4.57 Å². The Morgan fingerprint density at radius 3 is 2.02 bits per heavy atom. The van der Waals surface area contributed by atoms with Gasteiger partial charge in [0.1, 0.15) is 22.7 Å². The maximum Gasteiger partial charge on any atom is 0.179 e. The maximum absolute atomic E-state index is 15.3. The van der Waals surface area contributed by atoms with E-state index in [2.05, 4.69) is 102 Å². The van der Waals surface area contributed by atoms with E-state index < -0.39 is 7.14 Å². The minimum atomic E-state index is -3.14.